The molecule has 6 nitrogen and oxygen atoms in total. The molecule has 0 spiro atoms. The van der Waals surface area contributed by atoms with E-state index >= 15 is 0 Å². The summed E-state index contributed by atoms with van der Waals surface area (Å²) in [6, 6.07) is 16.0. The van der Waals surface area contributed by atoms with E-state index < -0.39 is 16.1 Å². The Hall–Kier alpha value is -2.38. The smallest absolute Gasteiger partial charge is 0.319 e. The Morgan fingerprint density at radius 2 is 1.59 bits per heavy atom. The van der Waals surface area contributed by atoms with Gasteiger partial charge in [-0.05, 0) is 37.0 Å². The zero-order chi connectivity index (χ0) is 19.1. The van der Waals surface area contributed by atoms with Crippen molar-refractivity contribution in [3.8, 4) is 0 Å². The number of benzene rings is 2. The number of nitrogens with one attached hydrogen (secondary N) is 2. The summed E-state index contributed by atoms with van der Waals surface area (Å²) in [7, 11) is -3.61. The molecule has 1 fully saturated rings. The van der Waals surface area contributed by atoms with Crippen molar-refractivity contribution < 1.29 is 13.2 Å². The van der Waals surface area contributed by atoms with E-state index in [9.17, 15) is 13.2 Å². The molecule has 2 aromatic carbocycles. The van der Waals surface area contributed by atoms with Crippen molar-refractivity contribution in [2.75, 3.05) is 25.0 Å². The first kappa shape index (κ1) is 19.4. The van der Waals surface area contributed by atoms with Crippen LogP contribution in [0.2, 0.25) is 0 Å². The standard InChI is InChI=1S/C20H25N3O3S/c24-20(21-14-13-17-9-3-1-4-10-17)22-18-11-5-6-12-19(18)27(25,26)23-15-7-2-8-16-23/h1,3-6,9-12H,2,7-8,13-16H2,(H2,21,22,24). The molecular formula is C20H25N3O3S. The van der Waals surface area contributed by atoms with Crippen LogP contribution in [-0.4, -0.2) is 38.4 Å². The molecule has 2 N–H and O–H groups in total. The van der Waals surface area contributed by atoms with Crippen LogP contribution in [0, 0.1) is 0 Å². The second-order valence-corrected chi connectivity index (χ2v) is 8.48. The van der Waals surface area contributed by atoms with Gasteiger partial charge in [-0.15, -0.1) is 0 Å². The lowest BCUT2D eigenvalue weighted by Crippen LogP contribution is -2.36. The number of urea groups is 1. The summed E-state index contributed by atoms with van der Waals surface area (Å²) >= 11 is 0. The van der Waals surface area contributed by atoms with Crippen LogP contribution < -0.4 is 10.6 Å². The number of para-hydroxylation sites is 1. The second kappa shape index (κ2) is 9.01. The van der Waals surface area contributed by atoms with Crippen molar-refractivity contribution >= 4 is 21.7 Å². The quantitative estimate of drug-likeness (QED) is 0.799. The average Bonchev–Trinajstić information content (AvgIpc) is 2.70. The Labute approximate surface area is 160 Å². The maximum absolute atomic E-state index is 12.9. The predicted molar refractivity (Wildman–Crippen MR) is 106 cm³/mol. The molecule has 1 aliphatic heterocycles. The molecule has 2 amide bonds. The van der Waals surface area contributed by atoms with Crippen LogP contribution in [0.3, 0.4) is 0 Å². The monoisotopic (exact) mass is 387 g/mol. The highest BCUT2D eigenvalue weighted by Gasteiger charge is 2.28. The van der Waals surface area contributed by atoms with Gasteiger partial charge in [0.05, 0.1) is 5.69 Å². The molecule has 0 saturated carbocycles. The Morgan fingerprint density at radius 3 is 2.33 bits per heavy atom. The van der Waals surface area contributed by atoms with Crippen molar-refractivity contribution in [1.29, 1.82) is 0 Å². The highest BCUT2D eigenvalue weighted by molar-refractivity contribution is 7.89. The molecular weight excluding hydrogens is 362 g/mol. The highest BCUT2D eigenvalue weighted by atomic mass is 32.2. The van der Waals surface area contributed by atoms with E-state index in [0.717, 1.165) is 24.8 Å². The number of hydrogen-bond donors (Lipinski definition) is 2. The lowest BCUT2D eigenvalue weighted by atomic mass is 10.1. The number of hydrogen-bond acceptors (Lipinski definition) is 3. The summed E-state index contributed by atoms with van der Waals surface area (Å²) < 4.78 is 27.4. The first-order valence-corrected chi connectivity index (χ1v) is 10.7. The van der Waals surface area contributed by atoms with Gasteiger partial charge in [0.1, 0.15) is 4.90 Å². The lowest BCUT2D eigenvalue weighted by molar-refractivity contribution is 0.252. The molecule has 0 atom stereocenters. The predicted octanol–water partition coefficient (Wildman–Crippen LogP) is 3.23. The Balaban J connectivity index is 1.64. The number of amides is 2. The van der Waals surface area contributed by atoms with Crippen LogP contribution >= 0.6 is 0 Å². The van der Waals surface area contributed by atoms with Crippen molar-refractivity contribution in [1.82, 2.24) is 9.62 Å². The minimum Gasteiger partial charge on any atom is -0.338 e. The van der Waals surface area contributed by atoms with Crippen LogP contribution in [0.25, 0.3) is 0 Å². The van der Waals surface area contributed by atoms with E-state index in [-0.39, 0.29) is 4.90 Å². The third-order valence-electron chi connectivity index (χ3n) is 4.61. The van der Waals surface area contributed by atoms with Crippen LogP contribution in [0.1, 0.15) is 24.8 Å². The fraction of sp³-hybridized carbons (Fsp3) is 0.350. The van der Waals surface area contributed by atoms with Gasteiger partial charge in [0.15, 0.2) is 0 Å². The third-order valence-corrected chi connectivity index (χ3v) is 6.57. The molecule has 1 aliphatic rings. The van der Waals surface area contributed by atoms with Gasteiger partial charge in [-0.1, -0.05) is 48.9 Å². The summed E-state index contributed by atoms with van der Waals surface area (Å²) in [5.41, 5.74) is 1.44. The molecule has 1 heterocycles. The number of anilines is 1. The van der Waals surface area contributed by atoms with E-state index in [1.54, 1.807) is 24.3 Å². The first-order valence-electron chi connectivity index (χ1n) is 9.25. The summed E-state index contributed by atoms with van der Waals surface area (Å²) in [5.74, 6) is 0. The second-order valence-electron chi connectivity index (χ2n) is 6.58. The molecule has 0 aromatic heterocycles. The summed E-state index contributed by atoms with van der Waals surface area (Å²) in [4.78, 5) is 12.4. The molecule has 27 heavy (non-hydrogen) atoms. The van der Waals surface area contributed by atoms with Gasteiger partial charge in [-0.2, -0.15) is 4.31 Å². The molecule has 2 aromatic rings. The van der Waals surface area contributed by atoms with Crippen LogP contribution in [0.4, 0.5) is 10.5 Å². The Bertz CT molecular complexity index is 863. The minimum atomic E-state index is -3.61. The van der Waals surface area contributed by atoms with Gasteiger partial charge in [0.2, 0.25) is 10.0 Å². The van der Waals surface area contributed by atoms with Crippen LogP contribution in [0.15, 0.2) is 59.5 Å². The zero-order valence-corrected chi connectivity index (χ0v) is 16.0. The Kier molecular flexibility index (Phi) is 6.47. The van der Waals surface area contributed by atoms with E-state index in [2.05, 4.69) is 10.6 Å². The number of rotatable bonds is 6. The lowest BCUT2D eigenvalue weighted by Gasteiger charge is -2.26. The van der Waals surface area contributed by atoms with Crippen LogP contribution in [0.5, 0.6) is 0 Å². The van der Waals surface area contributed by atoms with E-state index in [1.807, 2.05) is 30.3 Å². The molecule has 144 valence electrons. The van der Waals surface area contributed by atoms with Crippen molar-refractivity contribution in [3.63, 3.8) is 0 Å². The third kappa shape index (κ3) is 5.08. The average molecular weight is 388 g/mol. The molecule has 0 aliphatic carbocycles. The molecule has 7 heteroatoms. The fourth-order valence-electron chi connectivity index (χ4n) is 3.17. The molecule has 3 rings (SSSR count). The van der Waals surface area contributed by atoms with E-state index in [1.165, 1.54) is 4.31 Å². The zero-order valence-electron chi connectivity index (χ0n) is 15.2. The normalized spacial score (nSPS) is 15.3. The SMILES string of the molecule is O=C(NCCc1ccccc1)Nc1ccccc1S(=O)(=O)N1CCCCC1. The van der Waals surface area contributed by atoms with Gasteiger partial charge < -0.3 is 10.6 Å². The van der Waals surface area contributed by atoms with Gasteiger partial charge >= 0.3 is 6.03 Å². The number of sulfonamides is 1. The van der Waals surface area contributed by atoms with Crippen molar-refractivity contribution in [2.45, 2.75) is 30.6 Å². The number of carbonyl (C=O) groups excluding carboxylic acids is 1. The largest absolute Gasteiger partial charge is 0.338 e. The van der Waals surface area contributed by atoms with Crippen molar-refractivity contribution in [2.24, 2.45) is 0 Å². The molecule has 0 radical (unpaired) electrons. The Morgan fingerprint density at radius 1 is 0.926 bits per heavy atom. The first-order chi connectivity index (χ1) is 13.1. The topological polar surface area (TPSA) is 78.5 Å². The minimum absolute atomic E-state index is 0.144. The van der Waals surface area contributed by atoms with Gasteiger partial charge in [0, 0.05) is 19.6 Å². The number of nitrogens with zero attached hydrogens (tertiary/aromatic N) is 1. The number of piperidine rings is 1. The summed E-state index contributed by atoms with van der Waals surface area (Å²) in [6.45, 7) is 1.52. The van der Waals surface area contributed by atoms with E-state index in [0.29, 0.717) is 31.7 Å². The molecule has 0 unspecified atom stereocenters. The number of carbonyl (C=O) groups is 1. The van der Waals surface area contributed by atoms with Gasteiger partial charge in [-0.25, -0.2) is 13.2 Å². The summed E-state index contributed by atoms with van der Waals surface area (Å²) in [6.07, 6.45) is 3.50. The highest BCUT2D eigenvalue weighted by Crippen LogP contribution is 2.26. The van der Waals surface area contributed by atoms with E-state index in [4.69, 9.17) is 0 Å². The van der Waals surface area contributed by atoms with Gasteiger partial charge in [-0.3, -0.25) is 0 Å². The summed E-state index contributed by atoms with van der Waals surface area (Å²) in [5, 5.41) is 5.47. The molecule has 0 bridgehead atoms. The van der Waals surface area contributed by atoms with Crippen LogP contribution in [-0.2, 0) is 16.4 Å². The maximum atomic E-state index is 12.9. The van der Waals surface area contributed by atoms with Gasteiger partial charge in [0.25, 0.3) is 0 Å². The molecule has 1 saturated heterocycles. The van der Waals surface area contributed by atoms with Crippen molar-refractivity contribution in [3.05, 3.63) is 60.2 Å². The maximum Gasteiger partial charge on any atom is 0.319 e. The fourth-order valence-corrected chi connectivity index (χ4v) is 4.84.